The fourth-order valence-corrected chi connectivity index (χ4v) is 4.40. The Balaban J connectivity index is 1.28. The van der Waals surface area contributed by atoms with Crippen LogP contribution in [0, 0.1) is 11.8 Å². The Bertz CT molecular complexity index is 1230. The topological polar surface area (TPSA) is 118 Å². The van der Waals surface area contributed by atoms with Crippen LogP contribution in [-0.2, 0) is 16.1 Å². The maximum atomic E-state index is 12.3. The van der Waals surface area contributed by atoms with Crippen LogP contribution < -0.4 is 10.6 Å². The summed E-state index contributed by atoms with van der Waals surface area (Å²) in [4.78, 5) is 39.1. The van der Waals surface area contributed by atoms with Gasteiger partial charge in [-0.1, -0.05) is 54.5 Å². The Morgan fingerprint density at radius 1 is 1.03 bits per heavy atom. The first-order valence-electron chi connectivity index (χ1n) is 10.1. The number of carbonyl (C=O) groups excluding carboxylic acids is 2. The molecule has 0 atom stereocenters. The summed E-state index contributed by atoms with van der Waals surface area (Å²) >= 11 is 1.11. The van der Waals surface area contributed by atoms with E-state index in [1.807, 2.05) is 30.2 Å². The van der Waals surface area contributed by atoms with Gasteiger partial charge in [0.15, 0.2) is 0 Å². The molecule has 0 unspecified atom stereocenters. The van der Waals surface area contributed by atoms with Gasteiger partial charge in [0.2, 0.25) is 0 Å². The van der Waals surface area contributed by atoms with Gasteiger partial charge in [0.1, 0.15) is 16.5 Å². The number of carboxylic acids is 1. The van der Waals surface area contributed by atoms with Gasteiger partial charge in [-0.25, -0.2) is 14.6 Å². The molecule has 1 aliphatic rings. The number of amides is 2. The zero-order chi connectivity index (χ0) is 23.2. The fourth-order valence-electron chi connectivity index (χ4n) is 3.63. The van der Waals surface area contributed by atoms with E-state index in [0.717, 1.165) is 33.6 Å². The predicted molar refractivity (Wildman–Crippen MR) is 122 cm³/mol. The van der Waals surface area contributed by atoms with Crippen molar-refractivity contribution in [1.82, 2.24) is 15.6 Å². The number of thiazole rings is 1. The number of rotatable bonds is 6. The Kier molecular flexibility index (Phi) is 6.66. The van der Waals surface area contributed by atoms with Crippen molar-refractivity contribution in [2.24, 2.45) is 0 Å². The Morgan fingerprint density at radius 3 is 2.36 bits per heavy atom. The minimum atomic E-state index is -1.26. The zero-order valence-corrected chi connectivity index (χ0v) is 18.1. The lowest BCUT2D eigenvalue weighted by Gasteiger charge is -2.14. The summed E-state index contributed by atoms with van der Waals surface area (Å²) < 4.78 is 5.48. The van der Waals surface area contributed by atoms with Gasteiger partial charge in [0.05, 0.1) is 19.3 Å². The summed E-state index contributed by atoms with van der Waals surface area (Å²) in [5.74, 6) is 2.52. The number of ether oxygens (including phenoxy) is 1. The highest BCUT2D eigenvalue weighted by molar-refractivity contribution is 7.13. The molecule has 2 amide bonds. The number of nitrogens with zero attached hydrogens (tertiary/aromatic N) is 1. The Hall–Kier alpha value is -4.16. The summed E-state index contributed by atoms with van der Waals surface area (Å²) in [6.45, 7) is 0.243. The summed E-state index contributed by atoms with van der Waals surface area (Å²) in [5, 5.41) is 14.1. The van der Waals surface area contributed by atoms with Gasteiger partial charge in [-0.05, 0) is 22.3 Å². The van der Waals surface area contributed by atoms with Gasteiger partial charge in [-0.2, -0.15) is 0 Å². The first-order valence-corrected chi connectivity index (χ1v) is 10.9. The first kappa shape index (κ1) is 22.0. The minimum Gasteiger partial charge on any atom is -0.472 e. The number of alkyl carbamates (subject to hydrolysis) is 1. The maximum absolute atomic E-state index is 12.3. The van der Waals surface area contributed by atoms with E-state index in [4.69, 9.17) is 9.84 Å². The lowest BCUT2D eigenvalue weighted by molar-refractivity contribution is -0.130. The number of carbonyl (C=O) groups is 3. The van der Waals surface area contributed by atoms with E-state index in [-0.39, 0.29) is 25.6 Å². The van der Waals surface area contributed by atoms with Gasteiger partial charge < -0.3 is 20.5 Å². The van der Waals surface area contributed by atoms with Crippen LogP contribution in [0.2, 0.25) is 0 Å². The molecular formula is C24H19N3O5S. The maximum Gasteiger partial charge on any atom is 0.407 e. The number of benzene rings is 2. The second-order valence-corrected chi connectivity index (χ2v) is 8.20. The molecule has 0 radical (unpaired) electrons. The summed E-state index contributed by atoms with van der Waals surface area (Å²) in [5.41, 5.74) is 4.58. The van der Waals surface area contributed by atoms with Crippen molar-refractivity contribution in [3.8, 4) is 23.0 Å². The van der Waals surface area contributed by atoms with E-state index in [1.54, 1.807) is 0 Å². The average molecular weight is 461 g/mol. The number of aromatic nitrogens is 1. The molecule has 8 nitrogen and oxygen atoms in total. The molecule has 0 bridgehead atoms. The molecule has 0 fully saturated rings. The lowest BCUT2D eigenvalue weighted by Crippen LogP contribution is -2.25. The number of carboxylic acid groups (broad SMARTS) is 1. The first-order chi connectivity index (χ1) is 16.0. The number of aliphatic carboxylic acids is 1. The number of hydrogen-bond donors (Lipinski definition) is 3. The normalized spacial score (nSPS) is 11.5. The second kappa shape index (κ2) is 9.97. The monoisotopic (exact) mass is 461 g/mol. The summed E-state index contributed by atoms with van der Waals surface area (Å²) in [7, 11) is 0. The molecule has 1 aliphatic carbocycles. The molecule has 9 heteroatoms. The standard InChI is InChI=1S/C24H19N3O5S/c28-22(29)10-5-11-25-23(30)20-12-26-21(33-20)13-27-24(31)32-14-19-17-8-3-1-6-15(17)16-7-2-4-9-18(16)19/h1-4,6-9,12,19H,11,13-14H2,(H,25,30)(H,27,31)(H,28,29). The third-order valence-corrected chi connectivity index (χ3v) is 6.03. The van der Waals surface area contributed by atoms with Crippen LogP contribution in [0.5, 0.6) is 0 Å². The van der Waals surface area contributed by atoms with E-state index >= 15 is 0 Å². The molecule has 3 aromatic rings. The molecule has 3 N–H and O–H groups in total. The van der Waals surface area contributed by atoms with Gasteiger partial charge in [-0.15, -0.1) is 11.3 Å². The number of hydrogen-bond acceptors (Lipinski definition) is 6. The number of fused-ring (bicyclic) bond motifs is 3. The highest BCUT2D eigenvalue weighted by atomic mass is 32.1. The van der Waals surface area contributed by atoms with Crippen LogP contribution >= 0.6 is 11.3 Å². The lowest BCUT2D eigenvalue weighted by atomic mass is 9.98. The van der Waals surface area contributed by atoms with Crippen LogP contribution in [-0.4, -0.2) is 41.2 Å². The highest BCUT2D eigenvalue weighted by Crippen LogP contribution is 2.44. The molecule has 0 spiro atoms. The van der Waals surface area contributed by atoms with Crippen LogP contribution in [0.4, 0.5) is 4.79 Å². The molecule has 0 aliphatic heterocycles. The van der Waals surface area contributed by atoms with Crippen molar-refractivity contribution in [3.05, 3.63) is 75.7 Å². The number of nitrogens with one attached hydrogen (secondary N) is 2. The molecule has 1 aromatic heterocycles. The van der Waals surface area contributed by atoms with Crippen molar-refractivity contribution in [2.45, 2.75) is 12.5 Å². The Labute approximate surface area is 193 Å². The predicted octanol–water partition coefficient (Wildman–Crippen LogP) is 3.00. The van der Waals surface area contributed by atoms with E-state index in [0.29, 0.717) is 9.88 Å². The van der Waals surface area contributed by atoms with Crippen molar-refractivity contribution < 1.29 is 24.2 Å². The summed E-state index contributed by atoms with van der Waals surface area (Å²) in [6, 6.07) is 16.2. The third-order valence-electron chi connectivity index (χ3n) is 5.04. The second-order valence-electron chi connectivity index (χ2n) is 7.09. The molecule has 1 heterocycles. The molecule has 0 saturated carbocycles. The van der Waals surface area contributed by atoms with E-state index < -0.39 is 18.0 Å². The zero-order valence-electron chi connectivity index (χ0n) is 17.3. The van der Waals surface area contributed by atoms with Crippen molar-refractivity contribution in [3.63, 3.8) is 0 Å². The van der Waals surface area contributed by atoms with Gasteiger partial charge >= 0.3 is 12.1 Å². The quantitative estimate of drug-likeness (QED) is 0.486. The van der Waals surface area contributed by atoms with Crippen LogP contribution in [0.3, 0.4) is 0 Å². The SMILES string of the molecule is O=C(O)C#CCNC(=O)c1cnc(CNC(=O)OCC2c3ccccc3-c3ccccc32)s1. The van der Waals surface area contributed by atoms with Gasteiger partial charge in [0, 0.05) is 11.8 Å². The van der Waals surface area contributed by atoms with E-state index in [9.17, 15) is 14.4 Å². The van der Waals surface area contributed by atoms with Crippen molar-refractivity contribution in [2.75, 3.05) is 13.2 Å². The third kappa shape index (κ3) is 5.19. The van der Waals surface area contributed by atoms with Crippen LogP contribution in [0.25, 0.3) is 11.1 Å². The molecule has 4 rings (SSSR count). The fraction of sp³-hybridized carbons (Fsp3) is 0.167. The largest absolute Gasteiger partial charge is 0.472 e. The summed E-state index contributed by atoms with van der Waals surface area (Å²) in [6.07, 6.45) is 0.821. The van der Waals surface area contributed by atoms with Gasteiger partial charge in [-0.3, -0.25) is 4.79 Å². The van der Waals surface area contributed by atoms with Crippen molar-refractivity contribution in [1.29, 1.82) is 0 Å². The molecule has 33 heavy (non-hydrogen) atoms. The molecule has 0 saturated heterocycles. The molecule has 2 aromatic carbocycles. The molecular weight excluding hydrogens is 442 g/mol. The minimum absolute atomic E-state index is 0.0254. The van der Waals surface area contributed by atoms with Crippen LogP contribution in [0.15, 0.2) is 54.7 Å². The van der Waals surface area contributed by atoms with Crippen molar-refractivity contribution >= 4 is 29.3 Å². The van der Waals surface area contributed by atoms with E-state index in [1.165, 1.54) is 6.20 Å². The Morgan fingerprint density at radius 2 is 1.70 bits per heavy atom. The smallest absolute Gasteiger partial charge is 0.407 e. The highest BCUT2D eigenvalue weighted by Gasteiger charge is 2.29. The van der Waals surface area contributed by atoms with Gasteiger partial charge in [0.25, 0.3) is 5.91 Å². The van der Waals surface area contributed by atoms with E-state index in [2.05, 4.69) is 45.8 Å². The van der Waals surface area contributed by atoms with Crippen LogP contribution in [0.1, 0.15) is 31.7 Å². The molecule has 166 valence electrons. The average Bonchev–Trinajstić information content (AvgIpc) is 3.42.